The van der Waals surface area contributed by atoms with E-state index in [1.807, 2.05) is 21.5 Å². The second kappa shape index (κ2) is 5.65. The summed E-state index contributed by atoms with van der Waals surface area (Å²) < 4.78 is 3.90. The fourth-order valence-corrected chi connectivity index (χ4v) is 2.51. The van der Waals surface area contributed by atoms with Crippen molar-refractivity contribution in [2.75, 3.05) is 0 Å². The second-order valence-corrected chi connectivity index (χ2v) is 5.58. The van der Waals surface area contributed by atoms with Crippen molar-refractivity contribution in [2.45, 2.75) is 33.5 Å². The second-order valence-electron chi connectivity index (χ2n) is 5.58. The van der Waals surface area contributed by atoms with Crippen LogP contribution in [-0.2, 0) is 19.6 Å². The van der Waals surface area contributed by atoms with E-state index in [2.05, 4.69) is 41.2 Å². The van der Waals surface area contributed by atoms with Gasteiger partial charge >= 0.3 is 0 Å². The Bertz CT molecular complexity index is 740. The molecule has 6 heteroatoms. The minimum absolute atomic E-state index is 0.437. The summed E-state index contributed by atoms with van der Waals surface area (Å²) in [6.45, 7) is 6.24. The molecular weight excluding hydrogens is 264 g/mol. The van der Waals surface area contributed by atoms with Crippen LogP contribution in [0.4, 0.5) is 0 Å². The maximum atomic E-state index is 5.79. The van der Waals surface area contributed by atoms with Crippen LogP contribution in [-0.4, -0.2) is 24.5 Å². The van der Waals surface area contributed by atoms with Gasteiger partial charge in [0.1, 0.15) is 18.7 Å². The standard InChI is InChI=1S/C15H20N6/c1-11(2)8-21-15(17-10-18-21)9-20-14-6-4-3-5-12(14)13(7-16)19-20/h3-6,10-11H,7-9,16H2,1-2H3. The first-order valence-electron chi connectivity index (χ1n) is 7.20. The number of aromatic nitrogens is 5. The van der Waals surface area contributed by atoms with Gasteiger partial charge in [-0.3, -0.25) is 4.68 Å². The van der Waals surface area contributed by atoms with Crippen molar-refractivity contribution < 1.29 is 0 Å². The van der Waals surface area contributed by atoms with E-state index in [1.54, 1.807) is 6.33 Å². The molecule has 0 saturated carbocycles. The Labute approximate surface area is 123 Å². The van der Waals surface area contributed by atoms with Gasteiger partial charge in [0.25, 0.3) is 0 Å². The molecule has 0 fully saturated rings. The minimum atomic E-state index is 0.437. The fraction of sp³-hybridized carbons (Fsp3) is 0.400. The molecule has 2 aromatic heterocycles. The number of hydrogen-bond acceptors (Lipinski definition) is 4. The topological polar surface area (TPSA) is 74.5 Å². The summed E-state index contributed by atoms with van der Waals surface area (Å²) in [5, 5.41) is 10.0. The maximum absolute atomic E-state index is 5.79. The minimum Gasteiger partial charge on any atom is -0.325 e. The molecule has 0 aliphatic rings. The molecule has 3 aromatic rings. The summed E-state index contributed by atoms with van der Waals surface area (Å²) >= 11 is 0. The van der Waals surface area contributed by atoms with Crippen LogP contribution in [0.2, 0.25) is 0 Å². The molecule has 3 rings (SSSR count). The van der Waals surface area contributed by atoms with E-state index >= 15 is 0 Å². The van der Waals surface area contributed by atoms with Gasteiger partial charge in [0, 0.05) is 18.5 Å². The quantitative estimate of drug-likeness (QED) is 0.775. The molecular formula is C15H20N6. The average molecular weight is 284 g/mol. The van der Waals surface area contributed by atoms with Gasteiger partial charge in [0.05, 0.1) is 11.2 Å². The molecule has 0 aliphatic heterocycles. The summed E-state index contributed by atoms with van der Waals surface area (Å²) in [6, 6.07) is 8.14. The van der Waals surface area contributed by atoms with Crippen LogP contribution >= 0.6 is 0 Å². The van der Waals surface area contributed by atoms with Crippen molar-refractivity contribution in [3.05, 3.63) is 42.1 Å². The normalized spacial score (nSPS) is 11.6. The summed E-state index contributed by atoms with van der Waals surface area (Å²) in [5.74, 6) is 1.44. The molecule has 1 aromatic carbocycles. The number of fused-ring (bicyclic) bond motifs is 1. The molecule has 0 atom stereocenters. The van der Waals surface area contributed by atoms with E-state index in [9.17, 15) is 0 Å². The summed E-state index contributed by atoms with van der Waals surface area (Å²) in [7, 11) is 0. The van der Waals surface area contributed by atoms with Gasteiger partial charge in [-0.2, -0.15) is 10.2 Å². The van der Waals surface area contributed by atoms with Crippen LogP contribution in [0.25, 0.3) is 10.9 Å². The SMILES string of the molecule is CC(C)Cn1ncnc1Cn1nc(CN)c2ccccc21. The van der Waals surface area contributed by atoms with Crippen LogP contribution in [0.1, 0.15) is 25.4 Å². The maximum Gasteiger partial charge on any atom is 0.148 e. The van der Waals surface area contributed by atoms with Crippen molar-refractivity contribution in [1.29, 1.82) is 0 Å². The number of nitrogens with two attached hydrogens (primary N) is 1. The van der Waals surface area contributed by atoms with E-state index in [0.29, 0.717) is 19.0 Å². The molecule has 21 heavy (non-hydrogen) atoms. The van der Waals surface area contributed by atoms with Gasteiger partial charge in [-0.25, -0.2) is 9.67 Å². The van der Waals surface area contributed by atoms with E-state index in [1.165, 1.54) is 0 Å². The smallest absolute Gasteiger partial charge is 0.148 e. The van der Waals surface area contributed by atoms with E-state index in [0.717, 1.165) is 29.0 Å². The van der Waals surface area contributed by atoms with E-state index in [-0.39, 0.29) is 0 Å². The lowest BCUT2D eigenvalue weighted by Gasteiger charge is -2.09. The lowest BCUT2D eigenvalue weighted by atomic mass is 10.2. The van der Waals surface area contributed by atoms with Gasteiger partial charge in [0.15, 0.2) is 0 Å². The Morgan fingerprint density at radius 1 is 1.19 bits per heavy atom. The number of rotatable bonds is 5. The Morgan fingerprint density at radius 3 is 2.76 bits per heavy atom. The van der Waals surface area contributed by atoms with Crippen molar-refractivity contribution >= 4 is 10.9 Å². The number of benzene rings is 1. The zero-order valence-electron chi connectivity index (χ0n) is 12.4. The van der Waals surface area contributed by atoms with Crippen molar-refractivity contribution in [3.8, 4) is 0 Å². The molecule has 0 unspecified atom stereocenters. The zero-order chi connectivity index (χ0) is 14.8. The summed E-state index contributed by atoms with van der Waals surface area (Å²) in [6.07, 6.45) is 1.60. The third-order valence-corrected chi connectivity index (χ3v) is 3.45. The molecule has 2 N–H and O–H groups in total. The largest absolute Gasteiger partial charge is 0.325 e. The van der Waals surface area contributed by atoms with Gasteiger partial charge in [0.2, 0.25) is 0 Å². The van der Waals surface area contributed by atoms with E-state index < -0.39 is 0 Å². The molecule has 0 saturated heterocycles. The molecule has 2 heterocycles. The first-order valence-corrected chi connectivity index (χ1v) is 7.20. The van der Waals surface area contributed by atoms with Crippen LogP contribution in [0, 0.1) is 5.92 Å². The molecule has 0 aliphatic carbocycles. The van der Waals surface area contributed by atoms with Gasteiger partial charge in [-0.1, -0.05) is 32.0 Å². The van der Waals surface area contributed by atoms with Crippen molar-refractivity contribution in [3.63, 3.8) is 0 Å². The molecule has 0 amide bonds. The predicted molar refractivity (Wildman–Crippen MR) is 81.6 cm³/mol. The third kappa shape index (κ3) is 2.67. The summed E-state index contributed by atoms with van der Waals surface area (Å²) in [4.78, 5) is 4.37. The number of para-hydroxylation sites is 1. The molecule has 0 spiro atoms. The molecule has 0 radical (unpaired) electrons. The third-order valence-electron chi connectivity index (χ3n) is 3.45. The number of nitrogens with zero attached hydrogens (tertiary/aromatic N) is 5. The molecule has 110 valence electrons. The Kier molecular flexibility index (Phi) is 3.70. The average Bonchev–Trinajstić information content (AvgIpc) is 3.04. The van der Waals surface area contributed by atoms with Crippen molar-refractivity contribution in [2.24, 2.45) is 11.7 Å². The Morgan fingerprint density at radius 2 is 2.00 bits per heavy atom. The van der Waals surface area contributed by atoms with Crippen LogP contribution in [0.15, 0.2) is 30.6 Å². The predicted octanol–water partition coefficient (Wildman–Crippen LogP) is 1.79. The first kappa shape index (κ1) is 13.8. The lowest BCUT2D eigenvalue weighted by Crippen LogP contribution is -2.14. The van der Waals surface area contributed by atoms with Crippen LogP contribution < -0.4 is 5.73 Å². The number of hydrogen-bond donors (Lipinski definition) is 1. The zero-order valence-corrected chi connectivity index (χ0v) is 12.4. The Hall–Kier alpha value is -2.21. The van der Waals surface area contributed by atoms with Gasteiger partial charge < -0.3 is 5.73 Å². The highest BCUT2D eigenvalue weighted by molar-refractivity contribution is 5.81. The Balaban J connectivity index is 1.97. The van der Waals surface area contributed by atoms with Crippen LogP contribution in [0.3, 0.4) is 0 Å². The lowest BCUT2D eigenvalue weighted by molar-refractivity contribution is 0.457. The monoisotopic (exact) mass is 284 g/mol. The van der Waals surface area contributed by atoms with Gasteiger partial charge in [-0.15, -0.1) is 0 Å². The first-order chi connectivity index (χ1) is 10.2. The molecule has 6 nitrogen and oxygen atoms in total. The van der Waals surface area contributed by atoms with Gasteiger partial charge in [-0.05, 0) is 12.0 Å². The highest BCUT2D eigenvalue weighted by Gasteiger charge is 2.12. The fourth-order valence-electron chi connectivity index (χ4n) is 2.51. The van der Waals surface area contributed by atoms with Crippen molar-refractivity contribution in [1.82, 2.24) is 24.5 Å². The van der Waals surface area contributed by atoms with Crippen LogP contribution in [0.5, 0.6) is 0 Å². The molecule has 0 bridgehead atoms. The van der Waals surface area contributed by atoms with E-state index in [4.69, 9.17) is 5.73 Å². The summed E-state index contributed by atoms with van der Waals surface area (Å²) in [5.41, 5.74) is 7.79. The highest BCUT2D eigenvalue weighted by atomic mass is 15.4. The highest BCUT2D eigenvalue weighted by Crippen LogP contribution is 2.18.